The van der Waals surface area contributed by atoms with Crippen LogP contribution < -0.4 is 5.32 Å². The first-order chi connectivity index (χ1) is 10.6. The summed E-state index contributed by atoms with van der Waals surface area (Å²) in [6.07, 6.45) is 1.45. The quantitative estimate of drug-likeness (QED) is 0.940. The molecule has 22 heavy (non-hydrogen) atoms. The van der Waals surface area contributed by atoms with Crippen LogP contribution in [0.25, 0.3) is 0 Å². The first kappa shape index (κ1) is 14.2. The number of amides is 2. The van der Waals surface area contributed by atoms with E-state index in [2.05, 4.69) is 15.0 Å². The molecule has 0 unspecified atom stereocenters. The lowest BCUT2D eigenvalue weighted by atomic mass is 9.93. The van der Waals surface area contributed by atoms with Crippen molar-refractivity contribution in [3.8, 4) is 0 Å². The van der Waals surface area contributed by atoms with E-state index in [1.807, 2.05) is 0 Å². The molecule has 0 radical (unpaired) electrons. The lowest BCUT2D eigenvalue weighted by molar-refractivity contribution is -0.127. The molecule has 2 atom stereocenters. The van der Waals surface area contributed by atoms with Crippen molar-refractivity contribution in [2.45, 2.75) is 12.5 Å². The Kier molecular flexibility index (Phi) is 3.62. The zero-order valence-electron chi connectivity index (χ0n) is 11.8. The molecule has 1 aliphatic heterocycles. The molecule has 0 aliphatic carbocycles. The number of hydrogen-bond donors (Lipinski definition) is 1. The standard InChI is InChI=1S/C15H14FN3O3/c1-19-13(20)8-11(15(21)17-12-6-7-22-18-12)14(19)9-2-4-10(16)5-3-9/h2-7,11,14H,8H2,1H3,(H,17,18,21)/t11-,14-/m0/s1. The summed E-state index contributed by atoms with van der Waals surface area (Å²) < 4.78 is 17.7. The Hall–Kier alpha value is -2.70. The van der Waals surface area contributed by atoms with E-state index in [0.29, 0.717) is 5.82 Å². The zero-order valence-corrected chi connectivity index (χ0v) is 11.8. The number of rotatable bonds is 3. The van der Waals surface area contributed by atoms with Gasteiger partial charge in [-0.2, -0.15) is 0 Å². The maximum absolute atomic E-state index is 13.1. The third-order valence-electron chi connectivity index (χ3n) is 3.82. The monoisotopic (exact) mass is 303 g/mol. The number of halogens is 1. The molecule has 114 valence electrons. The fourth-order valence-electron chi connectivity index (χ4n) is 2.72. The number of anilines is 1. The number of benzene rings is 1. The van der Waals surface area contributed by atoms with E-state index in [9.17, 15) is 14.0 Å². The molecule has 0 saturated carbocycles. The van der Waals surface area contributed by atoms with E-state index in [1.54, 1.807) is 19.2 Å². The Morgan fingerprint density at radius 3 is 2.73 bits per heavy atom. The van der Waals surface area contributed by atoms with Crippen molar-refractivity contribution < 1.29 is 18.5 Å². The zero-order chi connectivity index (χ0) is 15.7. The minimum absolute atomic E-state index is 0.0994. The Morgan fingerprint density at radius 2 is 2.09 bits per heavy atom. The molecule has 2 aromatic rings. The molecule has 2 amide bonds. The van der Waals surface area contributed by atoms with E-state index < -0.39 is 12.0 Å². The van der Waals surface area contributed by atoms with Gasteiger partial charge in [0.15, 0.2) is 5.82 Å². The van der Waals surface area contributed by atoms with Gasteiger partial charge in [-0.25, -0.2) is 4.39 Å². The van der Waals surface area contributed by atoms with Crippen LogP contribution in [0, 0.1) is 11.7 Å². The van der Waals surface area contributed by atoms with E-state index in [0.717, 1.165) is 5.56 Å². The number of hydrogen-bond acceptors (Lipinski definition) is 4. The van der Waals surface area contributed by atoms with Crippen molar-refractivity contribution >= 4 is 17.6 Å². The third-order valence-corrected chi connectivity index (χ3v) is 3.82. The number of aromatic nitrogens is 1. The van der Waals surface area contributed by atoms with Crippen LogP contribution in [0.4, 0.5) is 10.2 Å². The van der Waals surface area contributed by atoms with Gasteiger partial charge in [-0.05, 0) is 17.7 Å². The summed E-state index contributed by atoms with van der Waals surface area (Å²) in [6.45, 7) is 0. The van der Waals surface area contributed by atoms with Crippen LogP contribution >= 0.6 is 0 Å². The maximum atomic E-state index is 13.1. The molecule has 3 rings (SSSR count). The predicted octanol–water partition coefficient (Wildman–Crippen LogP) is 1.97. The molecular formula is C15H14FN3O3. The van der Waals surface area contributed by atoms with Crippen molar-refractivity contribution in [1.29, 1.82) is 0 Å². The van der Waals surface area contributed by atoms with Crippen molar-refractivity contribution in [2.75, 3.05) is 12.4 Å². The lowest BCUT2D eigenvalue weighted by Gasteiger charge is -2.24. The Bertz CT molecular complexity index is 685. The molecule has 1 N–H and O–H groups in total. The normalized spacial score (nSPS) is 21.2. The van der Waals surface area contributed by atoms with E-state index >= 15 is 0 Å². The van der Waals surface area contributed by atoms with Gasteiger partial charge >= 0.3 is 0 Å². The van der Waals surface area contributed by atoms with Gasteiger partial charge in [0.1, 0.15) is 12.1 Å². The first-order valence-corrected chi connectivity index (χ1v) is 6.78. The highest BCUT2D eigenvalue weighted by Gasteiger charge is 2.42. The SMILES string of the molecule is CN1C(=O)C[C@H](C(=O)Nc2ccon2)[C@@H]1c1ccc(F)cc1. The summed E-state index contributed by atoms with van der Waals surface area (Å²) in [5.74, 6) is -1.08. The van der Waals surface area contributed by atoms with Crippen LogP contribution in [0.5, 0.6) is 0 Å². The summed E-state index contributed by atoms with van der Waals surface area (Å²) in [5, 5.41) is 6.24. The van der Waals surface area contributed by atoms with Crippen molar-refractivity contribution in [3.63, 3.8) is 0 Å². The highest BCUT2D eigenvalue weighted by atomic mass is 19.1. The average molecular weight is 303 g/mol. The number of nitrogens with zero attached hydrogens (tertiary/aromatic N) is 2. The van der Waals surface area contributed by atoms with Crippen molar-refractivity contribution in [1.82, 2.24) is 10.1 Å². The third kappa shape index (κ3) is 2.57. The van der Waals surface area contributed by atoms with Crippen molar-refractivity contribution in [3.05, 3.63) is 48.0 Å². The first-order valence-electron chi connectivity index (χ1n) is 6.78. The molecule has 1 aromatic heterocycles. The van der Waals surface area contributed by atoms with E-state index in [1.165, 1.54) is 29.4 Å². The Balaban J connectivity index is 1.86. The molecular weight excluding hydrogens is 289 g/mol. The van der Waals surface area contributed by atoms with E-state index in [-0.39, 0.29) is 24.1 Å². The molecule has 2 heterocycles. The molecule has 6 nitrogen and oxygen atoms in total. The Morgan fingerprint density at radius 1 is 1.36 bits per heavy atom. The van der Waals surface area contributed by atoms with Gasteiger partial charge in [0.25, 0.3) is 0 Å². The topological polar surface area (TPSA) is 75.4 Å². The van der Waals surface area contributed by atoms with E-state index in [4.69, 9.17) is 0 Å². The molecule has 1 fully saturated rings. The number of nitrogens with one attached hydrogen (secondary N) is 1. The highest BCUT2D eigenvalue weighted by molar-refractivity contribution is 5.97. The van der Waals surface area contributed by atoms with Gasteiger partial charge in [0, 0.05) is 19.5 Å². The predicted molar refractivity (Wildman–Crippen MR) is 75.2 cm³/mol. The van der Waals surface area contributed by atoms with Crippen molar-refractivity contribution in [2.24, 2.45) is 5.92 Å². The summed E-state index contributed by atoms with van der Waals surface area (Å²) in [7, 11) is 1.64. The van der Waals surface area contributed by atoms with Crippen LogP contribution in [0.1, 0.15) is 18.0 Å². The van der Waals surface area contributed by atoms with Crippen LogP contribution in [0.15, 0.2) is 41.1 Å². The van der Waals surface area contributed by atoms with Gasteiger partial charge < -0.3 is 14.7 Å². The molecule has 0 bridgehead atoms. The number of carbonyl (C=O) groups excluding carboxylic acids is 2. The average Bonchev–Trinajstić information content (AvgIpc) is 3.10. The van der Waals surface area contributed by atoms with Crippen LogP contribution in [0.3, 0.4) is 0 Å². The van der Waals surface area contributed by atoms with Gasteiger partial charge in [-0.3, -0.25) is 9.59 Å². The van der Waals surface area contributed by atoms with Crippen LogP contribution in [0.2, 0.25) is 0 Å². The van der Waals surface area contributed by atoms with Gasteiger partial charge in [-0.15, -0.1) is 0 Å². The highest BCUT2D eigenvalue weighted by Crippen LogP contribution is 2.37. The second-order valence-corrected chi connectivity index (χ2v) is 5.19. The summed E-state index contributed by atoms with van der Waals surface area (Å²) >= 11 is 0. The maximum Gasteiger partial charge on any atom is 0.231 e. The number of likely N-dealkylation sites (tertiary alicyclic amines) is 1. The van der Waals surface area contributed by atoms with Gasteiger partial charge in [-0.1, -0.05) is 17.3 Å². The van der Waals surface area contributed by atoms with Gasteiger partial charge in [0.05, 0.1) is 12.0 Å². The minimum atomic E-state index is -0.570. The number of carbonyl (C=O) groups is 2. The smallest absolute Gasteiger partial charge is 0.231 e. The summed E-state index contributed by atoms with van der Waals surface area (Å²) in [4.78, 5) is 25.9. The molecule has 1 aromatic carbocycles. The summed E-state index contributed by atoms with van der Waals surface area (Å²) in [6, 6.07) is 6.90. The van der Waals surface area contributed by atoms with Crippen LogP contribution in [-0.2, 0) is 9.59 Å². The summed E-state index contributed by atoms with van der Waals surface area (Å²) in [5.41, 5.74) is 0.718. The lowest BCUT2D eigenvalue weighted by Crippen LogP contribution is -2.30. The fourth-order valence-corrected chi connectivity index (χ4v) is 2.72. The fraction of sp³-hybridized carbons (Fsp3) is 0.267. The Labute approximate surface area is 125 Å². The van der Waals surface area contributed by atoms with Crippen LogP contribution in [-0.4, -0.2) is 28.9 Å². The second kappa shape index (κ2) is 5.59. The molecule has 1 saturated heterocycles. The van der Waals surface area contributed by atoms with Gasteiger partial charge in [0.2, 0.25) is 11.8 Å². The largest absolute Gasteiger partial charge is 0.363 e. The minimum Gasteiger partial charge on any atom is -0.363 e. The molecule has 7 heteroatoms. The molecule has 0 spiro atoms. The molecule has 1 aliphatic rings. The second-order valence-electron chi connectivity index (χ2n) is 5.19.